The lowest BCUT2D eigenvalue weighted by molar-refractivity contribution is -0.0771. The second kappa shape index (κ2) is 9.24. The zero-order chi connectivity index (χ0) is 20.0. The molecule has 150 valence electrons. The molecule has 0 saturated carbocycles. The Balaban J connectivity index is 1.63. The fourth-order valence-electron chi connectivity index (χ4n) is 4.18. The van der Waals surface area contributed by atoms with Crippen molar-refractivity contribution in [1.82, 2.24) is 5.32 Å². The second-order valence-corrected chi connectivity index (χ2v) is 8.15. The molecule has 1 N–H and O–H groups in total. The Bertz CT molecular complexity index is 755. The Labute approximate surface area is 168 Å². The maximum Gasteiger partial charge on any atom is 0.251 e. The largest absolute Gasteiger partial charge is 0.497 e. The maximum absolute atomic E-state index is 12.5. The van der Waals surface area contributed by atoms with Gasteiger partial charge in [0, 0.05) is 18.7 Å². The van der Waals surface area contributed by atoms with Gasteiger partial charge < -0.3 is 14.8 Å². The molecule has 1 aliphatic heterocycles. The van der Waals surface area contributed by atoms with Crippen molar-refractivity contribution in [1.29, 1.82) is 0 Å². The highest BCUT2D eigenvalue weighted by Crippen LogP contribution is 2.39. The summed E-state index contributed by atoms with van der Waals surface area (Å²) in [4.78, 5) is 12.5. The average molecular weight is 382 g/mol. The lowest BCUT2D eigenvalue weighted by Crippen LogP contribution is -2.37. The summed E-state index contributed by atoms with van der Waals surface area (Å²) < 4.78 is 11.1. The van der Waals surface area contributed by atoms with Crippen molar-refractivity contribution in [3.8, 4) is 5.75 Å². The van der Waals surface area contributed by atoms with E-state index in [9.17, 15) is 4.79 Å². The Morgan fingerprint density at radius 2 is 1.89 bits per heavy atom. The Kier molecular flexibility index (Phi) is 6.74. The van der Waals surface area contributed by atoms with Crippen LogP contribution in [0.2, 0.25) is 0 Å². The van der Waals surface area contributed by atoms with Crippen LogP contribution in [-0.2, 0) is 4.74 Å². The van der Waals surface area contributed by atoms with Crippen LogP contribution in [0.4, 0.5) is 0 Å². The van der Waals surface area contributed by atoms with Crippen LogP contribution in [0.15, 0.2) is 54.6 Å². The number of carbonyl (C=O) groups excluding carboxylic acids is 1. The molecule has 0 spiro atoms. The number of nitrogens with one attached hydrogen (secondary N) is 1. The first-order valence-corrected chi connectivity index (χ1v) is 10.1. The molecule has 1 aliphatic rings. The van der Waals surface area contributed by atoms with Crippen molar-refractivity contribution in [2.24, 2.45) is 5.92 Å². The van der Waals surface area contributed by atoms with Crippen LogP contribution in [0.3, 0.4) is 0 Å². The molecule has 4 heteroatoms. The first kappa shape index (κ1) is 20.4. The lowest BCUT2D eigenvalue weighted by Gasteiger charge is -2.39. The van der Waals surface area contributed by atoms with E-state index in [-0.39, 0.29) is 11.5 Å². The van der Waals surface area contributed by atoms with Crippen LogP contribution < -0.4 is 10.1 Å². The van der Waals surface area contributed by atoms with Gasteiger partial charge >= 0.3 is 0 Å². The Hall–Kier alpha value is -2.33. The molecule has 4 nitrogen and oxygen atoms in total. The first-order chi connectivity index (χ1) is 13.5. The van der Waals surface area contributed by atoms with E-state index in [4.69, 9.17) is 9.47 Å². The van der Waals surface area contributed by atoms with Gasteiger partial charge in [-0.25, -0.2) is 0 Å². The van der Waals surface area contributed by atoms with Crippen LogP contribution >= 0.6 is 0 Å². The van der Waals surface area contributed by atoms with Gasteiger partial charge in [0.1, 0.15) is 5.75 Å². The molecular formula is C24H31NO3. The highest BCUT2D eigenvalue weighted by molar-refractivity contribution is 5.94. The fraction of sp³-hybridized carbons (Fsp3) is 0.458. The summed E-state index contributed by atoms with van der Waals surface area (Å²) in [5.41, 5.74) is 1.93. The minimum atomic E-state index is -0.0811. The third-order valence-electron chi connectivity index (χ3n) is 5.63. The zero-order valence-corrected chi connectivity index (χ0v) is 17.1. The molecule has 1 heterocycles. The molecule has 3 rings (SSSR count). The number of hydrogen-bond acceptors (Lipinski definition) is 3. The molecule has 2 aromatic rings. The summed E-state index contributed by atoms with van der Waals surface area (Å²) in [6.07, 6.45) is 3.03. The van der Waals surface area contributed by atoms with E-state index in [1.807, 2.05) is 12.1 Å². The SMILES string of the molecule is COc1ccc(C(=O)NCC[C@@H](c2ccccc2)[C@@H]2CCOC(C)(C)C2)cc1. The lowest BCUT2D eigenvalue weighted by atomic mass is 9.75. The third kappa shape index (κ3) is 5.35. The monoisotopic (exact) mass is 381 g/mol. The molecule has 0 unspecified atom stereocenters. The van der Waals surface area contributed by atoms with Crippen molar-refractivity contribution in [3.63, 3.8) is 0 Å². The van der Waals surface area contributed by atoms with Gasteiger partial charge in [-0.2, -0.15) is 0 Å². The molecule has 2 atom stereocenters. The number of hydrogen-bond donors (Lipinski definition) is 1. The Morgan fingerprint density at radius 3 is 2.54 bits per heavy atom. The molecule has 0 bridgehead atoms. The van der Waals surface area contributed by atoms with Crippen molar-refractivity contribution in [2.45, 2.75) is 44.6 Å². The van der Waals surface area contributed by atoms with Gasteiger partial charge in [-0.3, -0.25) is 4.79 Å². The van der Waals surface area contributed by atoms with E-state index in [1.54, 1.807) is 19.2 Å². The van der Waals surface area contributed by atoms with Gasteiger partial charge in [0.15, 0.2) is 0 Å². The summed E-state index contributed by atoms with van der Waals surface area (Å²) in [7, 11) is 1.62. The molecule has 0 radical (unpaired) electrons. The summed E-state index contributed by atoms with van der Waals surface area (Å²) >= 11 is 0. The van der Waals surface area contributed by atoms with Crippen LogP contribution in [0, 0.1) is 5.92 Å². The standard InChI is InChI=1S/C24H31NO3/c1-24(2)17-20(14-16-28-24)22(18-7-5-4-6-8-18)13-15-25-23(26)19-9-11-21(27-3)12-10-19/h4-12,20,22H,13-17H2,1-3H3,(H,25,26)/t20-,22+/m1/s1. The van der Waals surface area contributed by atoms with Crippen LogP contribution in [0.5, 0.6) is 5.75 Å². The molecule has 0 aliphatic carbocycles. The van der Waals surface area contributed by atoms with E-state index < -0.39 is 0 Å². The average Bonchev–Trinajstić information content (AvgIpc) is 2.71. The summed E-state index contributed by atoms with van der Waals surface area (Å²) in [5.74, 6) is 1.69. The van der Waals surface area contributed by atoms with Gasteiger partial charge in [0.2, 0.25) is 0 Å². The first-order valence-electron chi connectivity index (χ1n) is 10.1. The summed E-state index contributed by atoms with van der Waals surface area (Å²) in [6, 6.07) is 17.9. The summed E-state index contributed by atoms with van der Waals surface area (Å²) in [6.45, 7) is 5.81. The van der Waals surface area contributed by atoms with Gasteiger partial charge in [-0.05, 0) is 74.8 Å². The molecule has 2 aromatic carbocycles. The fourth-order valence-corrected chi connectivity index (χ4v) is 4.18. The quantitative estimate of drug-likeness (QED) is 0.749. The third-order valence-corrected chi connectivity index (χ3v) is 5.63. The van der Waals surface area contributed by atoms with Crippen molar-refractivity contribution in [2.75, 3.05) is 20.3 Å². The number of methoxy groups -OCH3 is 1. The predicted molar refractivity (Wildman–Crippen MR) is 112 cm³/mol. The van der Waals surface area contributed by atoms with Crippen molar-refractivity contribution < 1.29 is 14.3 Å². The minimum absolute atomic E-state index is 0.0400. The van der Waals surface area contributed by atoms with Crippen LogP contribution in [-0.4, -0.2) is 31.8 Å². The molecule has 28 heavy (non-hydrogen) atoms. The summed E-state index contributed by atoms with van der Waals surface area (Å²) in [5, 5.41) is 3.09. The van der Waals surface area contributed by atoms with Crippen LogP contribution in [0.25, 0.3) is 0 Å². The number of rotatable bonds is 7. The number of ether oxygens (including phenoxy) is 2. The number of benzene rings is 2. The normalized spacial score (nSPS) is 19.6. The maximum atomic E-state index is 12.5. The van der Waals surface area contributed by atoms with Gasteiger partial charge in [-0.15, -0.1) is 0 Å². The number of amides is 1. The molecular weight excluding hydrogens is 350 g/mol. The highest BCUT2D eigenvalue weighted by Gasteiger charge is 2.33. The highest BCUT2D eigenvalue weighted by atomic mass is 16.5. The number of carbonyl (C=O) groups is 1. The smallest absolute Gasteiger partial charge is 0.251 e. The molecule has 0 aromatic heterocycles. The minimum Gasteiger partial charge on any atom is -0.497 e. The van der Waals surface area contributed by atoms with Crippen molar-refractivity contribution in [3.05, 3.63) is 65.7 Å². The second-order valence-electron chi connectivity index (χ2n) is 8.15. The van der Waals surface area contributed by atoms with E-state index in [0.717, 1.165) is 31.6 Å². The molecule has 1 fully saturated rings. The van der Waals surface area contributed by atoms with E-state index in [1.165, 1.54) is 5.56 Å². The van der Waals surface area contributed by atoms with Crippen molar-refractivity contribution >= 4 is 5.91 Å². The topological polar surface area (TPSA) is 47.6 Å². The van der Waals surface area contributed by atoms with Gasteiger partial charge in [-0.1, -0.05) is 30.3 Å². The molecule has 1 amide bonds. The Morgan fingerprint density at radius 1 is 1.18 bits per heavy atom. The van der Waals surface area contributed by atoms with Gasteiger partial charge in [0.05, 0.1) is 12.7 Å². The van der Waals surface area contributed by atoms with E-state index in [2.05, 4.69) is 49.5 Å². The predicted octanol–water partition coefficient (Wildman–Crippen LogP) is 4.80. The van der Waals surface area contributed by atoms with E-state index >= 15 is 0 Å². The van der Waals surface area contributed by atoms with Crippen LogP contribution in [0.1, 0.15) is 54.9 Å². The zero-order valence-electron chi connectivity index (χ0n) is 17.1. The van der Waals surface area contributed by atoms with E-state index in [0.29, 0.717) is 23.9 Å². The van der Waals surface area contributed by atoms with Gasteiger partial charge in [0.25, 0.3) is 5.91 Å². The molecule has 1 saturated heterocycles.